The van der Waals surface area contributed by atoms with Crippen LogP contribution < -0.4 is 10.2 Å². The van der Waals surface area contributed by atoms with Crippen LogP contribution in [-0.4, -0.2) is 36.9 Å². The fourth-order valence-electron chi connectivity index (χ4n) is 2.93. The first kappa shape index (κ1) is 17.7. The Kier molecular flexibility index (Phi) is 4.71. The summed E-state index contributed by atoms with van der Waals surface area (Å²) in [5, 5.41) is 15.3. The Bertz CT molecular complexity index is 1140. The van der Waals surface area contributed by atoms with Crippen LogP contribution >= 0.6 is 0 Å². The maximum Gasteiger partial charge on any atom is 0.245 e. The number of nitrogens with zero attached hydrogens (tertiary/aromatic N) is 5. The highest BCUT2D eigenvalue weighted by atomic mass is 19.1. The van der Waals surface area contributed by atoms with Gasteiger partial charge in [0.2, 0.25) is 5.43 Å². The zero-order valence-corrected chi connectivity index (χ0v) is 15.0. The van der Waals surface area contributed by atoms with E-state index < -0.39 is 6.67 Å². The summed E-state index contributed by atoms with van der Waals surface area (Å²) in [6.07, 6.45) is 6.75. The predicted octanol–water partition coefficient (Wildman–Crippen LogP) is 2.21. The van der Waals surface area contributed by atoms with Crippen molar-refractivity contribution < 1.29 is 9.13 Å². The van der Waals surface area contributed by atoms with Gasteiger partial charge in [0.05, 0.1) is 24.7 Å². The first-order valence-corrected chi connectivity index (χ1v) is 8.54. The van der Waals surface area contributed by atoms with Crippen LogP contribution in [0.1, 0.15) is 17.0 Å². The van der Waals surface area contributed by atoms with Gasteiger partial charge in [-0.15, -0.1) is 0 Å². The summed E-state index contributed by atoms with van der Waals surface area (Å²) >= 11 is 0. The van der Waals surface area contributed by atoms with Gasteiger partial charge in [0.15, 0.2) is 5.75 Å². The van der Waals surface area contributed by atoms with Crippen LogP contribution in [0, 0.1) is 0 Å². The molecule has 0 fully saturated rings. The van der Waals surface area contributed by atoms with E-state index >= 15 is 0 Å². The molecular weight excluding hydrogens is 363 g/mol. The number of methoxy groups -OCH3 is 1. The molecule has 4 aromatic rings. The molecule has 0 radical (unpaired) electrons. The van der Waals surface area contributed by atoms with E-state index in [2.05, 4.69) is 20.4 Å². The second-order valence-corrected chi connectivity index (χ2v) is 6.07. The van der Waals surface area contributed by atoms with Crippen molar-refractivity contribution in [2.45, 2.75) is 13.1 Å². The Morgan fingerprint density at radius 3 is 2.79 bits per heavy atom. The number of hydrogen-bond acceptors (Lipinski definition) is 5. The second-order valence-electron chi connectivity index (χ2n) is 6.07. The molecule has 1 N–H and O–H groups in total. The number of ether oxygens (including phenoxy) is 1. The van der Waals surface area contributed by atoms with Crippen molar-refractivity contribution in [2.75, 3.05) is 7.11 Å². The van der Waals surface area contributed by atoms with Crippen LogP contribution in [0.15, 0.2) is 59.9 Å². The molecule has 3 heterocycles. The third-order valence-corrected chi connectivity index (χ3v) is 4.31. The molecule has 9 heteroatoms. The zero-order chi connectivity index (χ0) is 19.5. The summed E-state index contributed by atoms with van der Waals surface area (Å²) in [5.41, 5.74) is 2.35. The van der Waals surface area contributed by atoms with Gasteiger partial charge in [-0.2, -0.15) is 15.3 Å². The number of rotatable bonds is 6. The van der Waals surface area contributed by atoms with E-state index in [-0.39, 0.29) is 23.3 Å². The van der Waals surface area contributed by atoms with Crippen LogP contribution in [0.25, 0.3) is 11.4 Å². The number of halogens is 1. The number of aromatic amines is 1. The van der Waals surface area contributed by atoms with Gasteiger partial charge in [-0.1, -0.05) is 0 Å². The summed E-state index contributed by atoms with van der Waals surface area (Å²) in [7, 11) is 1.41. The summed E-state index contributed by atoms with van der Waals surface area (Å²) in [6.45, 7) is -0.698. The van der Waals surface area contributed by atoms with Crippen molar-refractivity contribution in [2.24, 2.45) is 0 Å². The van der Waals surface area contributed by atoms with Crippen LogP contribution in [0.2, 0.25) is 0 Å². The van der Waals surface area contributed by atoms with Gasteiger partial charge in [0, 0.05) is 36.3 Å². The van der Waals surface area contributed by atoms with Crippen LogP contribution in [-0.2, 0) is 13.1 Å². The van der Waals surface area contributed by atoms with E-state index in [1.807, 2.05) is 6.07 Å². The summed E-state index contributed by atoms with van der Waals surface area (Å²) in [4.78, 5) is 12.6. The highest BCUT2D eigenvalue weighted by molar-refractivity contribution is 5.48. The van der Waals surface area contributed by atoms with Gasteiger partial charge >= 0.3 is 0 Å². The fraction of sp³-hybridized carbons (Fsp3) is 0.158. The Labute approximate surface area is 159 Å². The van der Waals surface area contributed by atoms with Gasteiger partial charge in [-0.25, -0.2) is 13.8 Å². The van der Waals surface area contributed by atoms with E-state index in [0.717, 1.165) is 11.4 Å². The Morgan fingerprint density at radius 2 is 2.11 bits per heavy atom. The van der Waals surface area contributed by atoms with Crippen molar-refractivity contribution >= 4 is 0 Å². The Morgan fingerprint density at radius 1 is 1.21 bits per heavy atom. The lowest BCUT2D eigenvalue weighted by Crippen LogP contribution is -2.20. The lowest BCUT2D eigenvalue weighted by atomic mass is 10.1. The van der Waals surface area contributed by atoms with E-state index in [9.17, 15) is 9.18 Å². The largest absolute Gasteiger partial charge is 0.491 e. The van der Waals surface area contributed by atoms with Crippen molar-refractivity contribution in [3.63, 3.8) is 0 Å². The van der Waals surface area contributed by atoms with Crippen LogP contribution in [0.3, 0.4) is 0 Å². The Balaban J connectivity index is 1.81. The lowest BCUT2D eigenvalue weighted by Gasteiger charge is -2.14. The molecule has 3 aromatic heterocycles. The quantitative estimate of drug-likeness (QED) is 0.554. The van der Waals surface area contributed by atoms with Gasteiger partial charge in [0.25, 0.3) is 0 Å². The molecule has 0 amide bonds. The zero-order valence-electron chi connectivity index (χ0n) is 15.0. The van der Waals surface area contributed by atoms with Crippen LogP contribution in [0.4, 0.5) is 4.39 Å². The minimum atomic E-state index is -0.698. The molecule has 28 heavy (non-hydrogen) atoms. The highest BCUT2D eigenvalue weighted by Gasteiger charge is 2.15. The molecule has 0 aliphatic rings. The molecule has 0 aliphatic carbocycles. The average Bonchev–Trinajstić information content (AvgIpc) is 3.43. The normalized spacial score (nSPS) is 10.9. The van der Waals surface area contributed by atoms with E-state index in [4.69, 9.17) is 4.74 Å². The smallest absolute Gasteiger partial charge is 0.245 e. The Hall–Kier alpha value is -3.75. The van der Waals surface area contributed by atoms with Crippen molar-refractivity contribution in [3.05, 3.63) is 82.3 Å². The third kappa shape index (κ3) is 3.29. The number of alkyl halides is 1. The highest BCUT2D eigenvalue weighted by Crippen LogP contribution is 2.21. The number of benzene rings is 1. The topological polar surface area (TPSA) is 90.6 Å². The molecule has 8 nitrogen and oxygen atoms in total. The molecule has 1 aromatic carbocycles. The van der Waals surface area contributed by atoms with Gasteiger partial charge in [0.1, 0.15) is 12.4 Å². The molecule has 0 spiro atoms. The first-order chi connectivity index (χ1) is 13.7. The van der Waals surface area contributed by atoms with E-state index in [1.165, 1.54) is 18.0 Å². The minimum absolute atomic E-state index is 0.130. The monoisotopic (exact) mass is 380 g/mol. The summed E-state index contributed by atoms with van der Waals surface area (Å²) < 4.78 is 22.1. The SMILES string of the molecule is COc1cn(-c2ccc(-n3cccn3)cc2CF)nc(Cc2ccn[nH]2)c1=O. The molecule has 142 valence electrons. The molecule has 0 atom stereocenters. The predicted molar refractivity (Wildman–Crippen MR) is 99.7 cm³/mol. The summed E-state index contributed by atoms with van der Waals surface area (Å²) in [6, 6.07) is 8.80. The number of aromatic nitrogens is 6. The molecule has 0 bridgehead atoms. The van der Waals surface area contributed by atoms with Gasteiger partial charge in [-0.05, 0) is 30.3 Å². The lowest BCUT2D eigenvalue weighted by molar-refractivity contribution is 0.403. The molecule has 4 rings (SSSR count). The van der Waals surface area contributed by atoms with Gasteiger partial charge < -0.3 is 4.74 Å². The maximum absolute atomic E-state index is 13.8. The molecule has 0 saturated carbocycles. The van der Waals surface area contributed by atoms with Crippen molar-refractivity contribution in [1.82, 2.24) is 29.8 Å². The minimum Gasteiger partial charge on any atom is -0.491 e. The van der Waals surface area contributed by atoms with Crippen LogP contribution in [0.5, 0.6) is 5.75 Å². The summed E-state index contributed by atoms with van der Waals surface area (Å²) in [5.74, 6) is 0.130. The van der Waals surface area contributed by atoms with Crippen molar-refractivity contribution in [1.29, 1.82) is 0 Å². The maximum atomic E-state index is 13.8. The molecule has 0 unspecified atom stereocenters. The average molecular weight is 380 g/mol. The molecule has 0 saturated heterocycles. The van der Waals surface area contributed by atoms with Gasteiger partial charge in [-0.3, -0.25) is 9.89 Å². The van der Waals surface area contributed by atoms with Crippen molar-refractivity contribution in [3.8, 4) is 17.1 Å². The molecule has 0 aliphatic heterocycles. The fourth-order valence-corrected chi connectivity index (χ4v) is 2.93. The molecular formula is C19H17FN6O2. The number of nitrogens with one attached hydrogen (secondary N) is 1. The second kappa shape index (κ2) is 7.47. The standard InChI is InChI=1S/C19H17FN6O2/c1-28-18-12-26(24-16(19(18)27)10-14-5-7-21-23-14)17-4-3-15(9-13(17)11-20)25-8-2-6-22-25/h2-9,12H,10-11H2,1H3,(H,21,23). The third-order valence-electron chi connectivity index (χ3n) is 4.31. The number of hydrogen-bond donors (Lipinski definition) is 1. The number of H-pyrrole nitrogens is 1. The van der Waals surface area contributed by atoms with E-state index in [1.54, 1.807) is 47.5 Å². The van der Waals surface area contributed by atoms with E-state index in [0.29, 0.717) is 11.3 Å². The first-order valence-electron chi connectivity index (χ1n) is 8.54.